The highest BCUT2D eigenvalue weighted by molar-refractivity contribution is 7.80. The van der Waals surface area contributed by atoms with E-state index in [2.05, 4.69) is 19.6 Å². The molecule has 0 radical (unpaired) electrons. The largest absolute Gasteiger partial charge is 0.330 e. The van der Waals surface area contributed by atoms with Crippen LogP contribution in [0.15, 0.2) is 0 Å². The molecule has 0 heterocycles. The molecule has 0 saturated heterocycles. The molecular formula is C6H15NS. The molecule has 0 rings (SSSR count). The van der Waals surface area contributed by atoms with Crippen LogP contribution in [0.1, 0.15) is 19.8 Å². The zero-order chi connectivity index (χ0) is 6.41. The van der Waals surface area contributed by atoms with Crippen molar-refractivity contribution in [3.8, 4) is 0 Å². The summed E-state index contributed by atoms with van der Waals surface area (Å²) in [5.41, 5.74) is 5.35. The van der Waals surface area contributed by atoms with Crippen LogP contribution in [-0.2, 0) is 0 Å². The molecule has 0 aromatic rings. The minimum Gasteiger partial charge on any atom is -0.330 e. The van der Waals surface area contributed by atoms with Crippen LogP contribution < -0.4 is 5.73 Å². The molecule has 0 aliphatic rings. The molecular weight excluding hydrogens is 118 g/mol. The van der Waals surface area contributed by atoms with Crippen LogP contribution in [-0.4, -0.2) is 12.3 Å². The minimum atomic E-state index is 0.739. The molecule has 0 fully saturated rings. The van der Waals surface area contributed by atoms with E-state index in [1.807, 2.05) is 0 Å². The lowest BCUT2D eigenvalue weighted by molar-refractivity contribution is 0.534. The van der Waals surface area contributed by atoms with Crippen LogP contribution in [0.5, 0.6) is 0 Å². The molecule has 0 bridgehead atoms. The zero-order valence-corrected chi connectivity index (χ0v) is 6.32. The first-order chi connectivity index (χ1) is 3.85. The molecule has 0 amide bonds. The third kappa shape index (κ3) is 3.33. The molecule has 2 N–H and O–H groups in total. The van der Waals surface area contributed by atoms with Gasteiger partial charge in [-0.05, 0) is 24.6 Å². The highest BCUT2D eigenvalue weighted by Crippen LogP contribution is 2.07. The molecule has 0 spiro atoms. The normalized spacial score (nSPS) is 13.9. The lowest BCUT2D eigenvalue weighted by Crippen LogP contribution is -2.08. The average molecular weight is 133 g/mol. The Balaban J connectivity index is 3.07. The second kappa shape index (κ2) is 5.45. The van der Waals surface area contributed by atoms with Crippen molar-refractivity contribution >= 4 is 12.6 Å². The van der Waals surface area contributed by atoms with Crippen LogP contribution in [0.2, 0.25) is 0 Å². The summed E-state index contributed by atoms with van der Waals surface area (Å²) in [6.07, 6.45) is 2.33. The topological polar surface area (TPSA) is 26.0 Å². The van der Waals surface area contributed by atoms with Crippen LogP contribution >= 0.6 is 12.6 Å². The summed E-state index contributed by atoms with van der Waals surface area (Å²) in [7, 11) is 0. The van der Waals surface area contributed by atoms with Crippen molar-refractivity contribution in [1.29, 1.82) is 0 Å². The highest BCUT2D eigenvalue weighted by atomic mass is 32.1. The predicted molar refractivity (Wildman–Crippen MR) is 41.3 cm³/mol. The van der Waals surface area contributed by atoms with Gasteiger partial charge in [0, 0.05) is 0 Å². The lowest BCUT2D eigenvalue weighted by atomic mass is 10.1. The lowest BCUT2D eigenvalue weighted by Gasteiger charge is -2.07. The number of hydrogen-bond donors (Lipinski definition) is 2. The maximum atomic E-state index is 5.35. The summed E-state index contributed by atoms with van der Waals surface area (Å²) >= 11 is 4.17. The standard InChI is InChI=1S/C6H15NS/c1-2-6(5-8)3-4-7/h6,8H,2-5,7H2,1H3. The SMILES string of the molecule is CCC(CS)CCN. The van der Waals surface area contributed by atoms with E-state index < -0.39 is 0 Å². The fourth-order valence-electron chi connectivity index (χ4n) is 0.660. The average Bonchev–Trinajstić information content (AvgIpc) is 1.83. The molecule has 1 nitrogen and oxygen atoms in total. The Morgan fingerprint density at radius 3 is 2.38 bits per heavy atom. The maximum absolute atomic E-state index is 5.35. The summed E-state index contributed by atoms with van der Waals surface area (Å²) in [6, 6.07) is 0. The second-order valence-electron chi connectivity index (χ2n) is 2.03. The van der Waals surface area contributed by atoms with Gasteiger partial charge in [-0.1, -0.05) is 13.3 Å². The van der Waals surface area contributed by atoms with Crippen molar-refractivity contribution in [2.24, 2.45) is 11.7 Å². The van der Waals surface area contributed by atoms with Crippen molar-refractivity contribution in [1.82, 2.24) is 0 Å². The van der Waals surface area contributed by atoms with Crippen molar-refractivity contribution in [2.75, 3.05) is 12.3 Å². The highest BCUT2D eigenvalue weighted by Gasteiger charge is 1.99. The Bertz CT molecular complexity index is 43.8. The van der Waals surface area contributed by atoms with E-state index in [0.29, 0.717) is 0 Å². The van der Waals surface area contributed by atoms with Gasteiger partial charge in [-0.25, -0.2) is 0 Å². The first-order valence-electron chi connectivity index (χ1n) is 3.16. The molecule has 2 heteroatoms. The molecule has 0 aromatic heterocycles. The first kappa shape index (κ1) is 8.31. The summed E-state index contributed by atoms with van der Waals surface area (Å²) < 4.78 is 0. The molecule has 0 saturated carbocycles. The summed E-state index contributed by atoms with van der Waals surface area (Å²) in [5.74, 6) is 1.72. The van der Waals surface area contributed by atoms with E-state index in [0.717, 1.165) is 24.6 Å². The summed E-state index contributed by atoms with van der Waals surface area (Å²) in [4.78, 5) is 0. The van der Waals surface area contributed by atoms with E-state index in [1.54, 1.807) is 0 Å². The number of nitrogens with two attached hydrogens (primary N) is 1. The smallest absolute Gasteiger partial charge is 0.00691 e. The Kier molecular flexibility index (Phi) is 5.66. The van der Waals surface area contributed by atoms with Gasteiger partial charge in [0.1, 0.15) is 0 Å². The fraction of sp³-hybridized carbons (Fsp3) is 1.00. The van der Waals surface area contributed by atoms with Gasteiger partial charge in [-0.15, -0.1) is 0 Å². The third-order valence-electron chi connectivity index (χ3n) is 1.41. The molecule has 0 aliphatic carbocycles. The Morgan fingerprint density at radius 1 is 1.62 bits per heavy atom. The van der Waals surface area contributed by atoms with Crippen LogP contribution in [0, 0.1) is 5.92 Å². The predicted octanol–water partition coefficient (Wildman–Crippen LogP) is 1.29. The van der Waals surface area contributed by atoms with E-state index >= 15 is 0 Å². The monoisotopic (exact) mass is 133 g/mol. The van der Waals surface area contributed by atoms with Crippen LogP contribution in [0.25, 0.3) is 0 Å². The van der Waals surface area contributed by atoms with Gasteiger partial charge < -0.3 is 5.73 Å². The van der Waals surface area contributed by atoms with E-state index in [-0.39, 0.29) is 0 Å². The van der Waals surface area contributed by atoms with Gasteiger partial charge >= 0.3 is 0 Å². The van der Waals surface area contributed by atoms with Crippen molar-refractivity contribution < 1.29 is 0 Å². The van der Waals surface area contributed by atoms with Crippen molar-refractivity contribution in [3.05, 3.63) is 0 Å². The maximum Gasteiger partial charge on any atom is -0.00691 e. The van der Waals surface area contributed by atoms with Gasteiger partial charge in [0.15, 0.2) is 0 Å². The molecule has 1 unspecified atom stereocenters. The number of hydrogen-bond acceptors (Lipinski definition) is 2. The Labute approximate surface area is 57.1 Å². The van der Waals surface area contributed by atoms with Crippen molar-refractivity contribution in [3.63, 3.8) is 0 Å². The van der Waals surface area contributed by atoms with Crippen molar-refractivity contribution in [2.45, 2.75) is 19.8 Å². The summed E-state index contributed by atoms with van der Waals surface area (Å²) in [6.45, 7) is 2.98. The van der Waals surface area contributed by atoms with Crippen LogP contribution in [0.3, 0.4) is 0 Å². The Morgan fingerprint density at radius 2 is 2.25 bits per heavy atom. The second-order valence-corrected chi connectivity index (χ2v) is 2.40. The Hall–Kier alpha value is 0.310. The molecule has 0 aliphatic heterocycles. The van der Waals surface area contributed by atoms with Gasteiger partial charge in [0.25, 0.3) is 0 Å². The third-order valence-corrected chi connectivity index (χ3v) is 1.93. The van der Waals surface area contributed by atoms with Gasteiger partial charge in [0.05, 0.1) is 0 Å². The molecule has 50 valence electrons. The molecule has 1 atom stereocenters. The van der Waals surface area contributed by atoms with Gasteiger partial charge in [0.2, 0.25) is 0 Å². The van der Waals surface area contributed by atoms with E-state index in [1.165, 1.54) is 6.42 Å². The van der Waals surface area contributed by atoms with Crippen LogP contribution in [0.4, 0.5) is 0 Å². The minimum absolute atomic E-state index is 0.739. The quantitative estimate of drug-likeness (QED) is 0.555. The number of rotatable bonds is 4. The van der Waals surface area contributed by atoms with E-state index in [4.69, 9.17) is 5.73 Å². The molecule has 8 heavy (non-hydrogen) atoms. The first-order valence-corrected chi connectivity index (χ1v) is 3.79. The summed E-state index contributed by atoms with van der Waals surface area (Å²) in [5, 5.41) is 0. The van der Waals surface area contributed by atoms with Gasteiger partial charge in [-0.2, -0.15) is 12.6 Å². The molecule has 0 aromatic carbocycles. The van der Waals surface area contributed by atoms with Gasteiger partial charge in [-0.3, -0.25) is 0 Å². The zero-order valence-electron chi connectivity index (χ0n) is 5.43. The van der Waals surface area contributed by atoms with E-state index in [9.17, 15) is 0 Å². The fourth-order valence-corrected chi connectivity index (χ4v) is 1.10. The number of thiol groups is 1.